The highest BCUT2D eigenvalue weighted by atomic mass is 16.6. The number of rotatable bonds is 3. The normalized spacial score (nSPS) is 23.3. The Labute approximate surface area is 122 Å². The summed E-state index contributed by atoms with van der Waals surface area (Å²) in [5.41, 5.74) is -0.106. The third-order valence-corrected chi connectivity index (χ3v) is 4.22. The van der Waals surface area contributed by atoms with Crippen LogP contribution >= 0.6 is 0 Å². The molecule has 0 saturated carbocycles. The molecule has 0 aromatic heterocycles. The van der Waals surface area contributed by atoms with Crippen molar-refractivity contribution in [1.82, 2.24) is 15.5 Å². The molecule has 0 radical (unpaired) electrons. The van der Waals surface area contributed by atoms with E-state index in [1.807, 2.05) is 25.7 Å². The van der Waals surface area contributed by atoms with Crippen molar-refractivity contribution >= 4 is 6.09 Å². The summed E-state index contributed by atoms with van der Waals surface area (Å²) in [6.45, 7) is 12.9. The van der Waals surface area contributed by atoms with Gasteiger partial charge in [-0.05, 0) is 39.0 Å². The number of ether oxygens (including phenoxy) is 1. The van der Waals surface area contributed by atoms with Crippen LogP contribution in [0.5, 0.6) is 0 Å². The number of nitrogens with zero attached hydrogens (tertiary/aromatic N) is 1. The van der Waals surface area contributed by atoms with Gasteiger partial charge >= 0.3 is 6.09 Å². The first-order chi connectivity index (χ1) is 9.27. The van der Waals surface area contributed by atoms with Crippen molar-refractivity contribution in [2.75, 3.05) is 32.7 Å². The highest BCUT2D eigenvalue weighted by Gasteiger charge is 2.34. The van der Waals surface area contributed by atoms with Gasteiger partial charge < -0.3 is 20.3 Å². The average Bonchev–Trinajstić information content (AvgIpc) is 2.25. The van der Waals surface area contributed by atoms with Crippen LogP contribution in [0, 0.1) is 5.41 Å². The molecule has 5 nitrogen and oxygen atoms in total. The van der Waals surface area contributed by atoms with Gasteiger partial charge in [0, 0.05) is 38.8 Å². The predicted molar refractivity (Wildman–Crippen MR) is 79.8 cm³/mol. The Bertz CT molecular complexity index is 340. The van der Waals surface area contributed by atoms with Gasteiger partial charge in [0.05, 0.1) is 0 Å². The summed E-state index contributed by atoms with van der Waals surface area (Å²) in [4.78, 5) is 13.9. The summed E-state index contributed by atoms with van der Waals surface area (Å²) in [7, 11) is 0. The fourth-order valence-corrected chi connectivity index (χ4v) is 2.56. The van der Waals surface area contributed by atoms with Crippen molar-refractivity contribution in [3.05, 3.63) is 0 Å². The van der Waals surface area contributed by atoms with Crippen LogP contribution in [0.1, 0.15) is 40.5 Å². The minimum Gasteiger partial charge on any atom is -0.444 e. The average molecular weight is 283 g/mol. The number of carbonyl (C=O) groups excluding carboxylic acids is 1. The molecule has 2 heterocycles. The van der Waals surface area contributed by atoms with Gasteiger partial charge in [0.1, 0.15) is 5.60 Å². The van der Waals surface area contributed by atoms with E-state index in [1.54, 1.807) is 0 Å². The fraction of sp³-hybridized carbons (Fsp3) is 0.933. The van der Waals surface area contributed by atoms with Crippen LogP contribution in [0.2, 0.25) is 0 Å². The first kappa shape index (κ1) is 15.6. The van der Waals surface area contributed by atoms with Gasteiger partial charge in [0.25, 0.3) is 0 Å². The molecule has 2 N–H and O–H groups in total. The number of amides is 1. The van der Waals surface area contributed by atoms with E-state index in [0.29, 0.717) is 11.5 Å². The van der Waals surface area contributed by atoms with Gasteiger partial charge in [-0.15, -0.1) is 0 Å². The second-order valence-electron chi connectivity index (χ2n) is 7.51. The Balaban J connectivity index is 1.74. The molecule has 2 saturated heterocycles. The SMILES string of the molecule is CC1(CNC2CNC2)CCN(C(=O)OC(C)(C)C)CC1. The number of nitrogens with one attached hydrogen (secondary N) is 2. The second-order valence-corrected chi connectivity index (χ2v) is 7.51. The van der Waals surface area contributed by atoms with Crippen LogP contribution in [0.3, 0.4) is 0 Å². The number of hydrogen-bond acceptors (Lipinski definition) is 4. The van der Waals surface area contributed by atoms with E-state index in [2.05, 4.69) is 17.6 Å². The fourth-order valence-electron chi connectivity index (χ4n) is 2.56. The van der Waals surface area contributed by atoms with Crippen LogP contribution in [-0.2, 0) is 4.74 Å². The molecule has 2 fully saturated rings. The number of likely N-dealkylation sites (tertiary alicyclic amines) is 1. The number of carbonyl (C=O) groups is 1. The monoisotopic (exact) mass is 283 g/mol. The molecule has 0 atom stereocenters. The zero-order valence-electron chi connectivity index (χ0n) is 13.3. The van der Waals surface area contributed by atoms with Crippen molar-refractivity contribution in [2.24, 2.45) is 5.41 Å². The maximum atomic E-state index is 12.0. The second kappa shape index (κ2) is 5.90. The summed E-state index contributed by atoms with van der Waals surface area (Å²) < 4.78 is 5.43. The summed E-state index contributed by atoms with van der Waals surface area (Å²) in [5.74, 6) is 0. The van der Waals surface area contributed by atoms with Crippen molar-refractivity contribution in [3.8, 4) is 0 Å². The van der Waals surface area contributed by atoms with Crippen molar-refractivity contribution in [1.29, 1.82) is 0 Å². The molecule has 2 rings (SSSR count). The third kappa shape index (κ3) is 4.35. The lowest BCUT2D eigenvalue weighted by Gasteiger charge is -2.41. The largest absolute Gasteiger partial charge is 0.444 e. The van der Waals surface area contributed by atoms with Crippen LogP contribution in [-0.4, -0.2) is 55.4 Å². The lowest BCUT2D eigenvalue weighted by atomic mass is 9.80. The van der Waals surface area contributed by atoms with E-state index in [1.165, 1.54) is 0 Å². The van der Waals surface area contributed by atoms with E-state index in [4.69, 9.17) is 4.74 Å². The lowest BCUT2D eigenvalue weighted by Crippen LogP contribution is -2.58. The molecular formula is C15H29N3O2. The van der Waals surface area contributed by atoms with E-state index in [-0.39, 0.29) is 6.09 Å². The topological polar surface area (TPSA) is 53.6 Å². The first-order valence-electron chi connectivity index (χ1n) is 7.69. The number of hydrogen-bond donors (Lipinski definition) is 2. The molecule has 116 valence electrons. The summed E-state index contributed by atoms with van der Waals surface area (Å²) >= 11 is 0. The maximum Gasteiger partial charge on any atom is 0.410 e. The third-order valence-electron chi connectivity index (χ3n) is 4.22. The summed E-state index contributed by atoms with van der Waals surface area (Å²) in [5, 5.41) is 6.89. The maximum absolute atomic E-state index is 12.0. The van der Waals surface area contributed by atoms with Crippen molar-refractivity contribution < 1.29 is 9.53 Å². The lowest BCUT2D eigenvalue weighted by molar-refractivity contribution is 0.0115. The molecular weight excluding hydrogens is 254 g/mol. The van der Waals surface area contributed by atoms with E-state index in [9.17, 15) is 4.79 Å². The molecule has 2 aliphatic rings. The molecule has 1 amide bonds. The van der Waals surface area contributed by atoms with Gasteiger partial charge in [0.15, 0.2) is 0 Å². The van der Waals surface area contributed by atoms with Crippen molar-refractivity contribution in [2.45, 2.75) is 52.2 Å². The van der Waals surface area contributed by atoms with Crippen LogP contribution in [0.25, 0.3) is 0 Å². The van der Waals surface area contributed by atoms with Crippen LogP contribution in [0.15, 0.2) is 0 Å². The molecule has 0 unspecified atom stereocenters. The van der Waals surface area contributed by atoms with Crippen LogP contribution < -0.4 is 10.6 Å². The number of piperidine rings is 1. The van der Waals surface area contributed by atoms with Crippen LogP contribution in [0.4, 0.5) is 4.79 Å². The molecule has 0 aromatic carbocycles. The molecule has 5 heteroatoms. The summed E-state index contributed by atoms with van der Waals surface area (Å²) in [6.07, 6.45) is 1.91. The van der Waals surface area contributed by atoms with Gasteiger partial charge in [-0.2, -0.15) is 0 Å². The Morgan fingerprint density at radius 3 is 2.40 bits per heavy atom. The molecule has 0 aromatic rings. The highest BCUT2D eigenvalue weighted by Crippen LogP contribution is 2.31. The molecule has 20 heavy (non-hydrogen) atoms. The first-order valence-corrected chi connectivity index (χ1v) is 7.69. The van der Waals surface area contributed by atoms with Gasteiger partial charge in [-0.1, -0.05) is 6.92 Å². The quantitative estimate of drug-likeness (QED) is 0.826. The Hall–Kier alpha value is -0.810. The Morgan fingerprint density at radius 1 is 1.35 bits per heavy atom. The van der Waals surface area contributed by atoms with Gasteiger partial charge in [-0.25, -0.2) is 4.79 Å². The van der Waals surface area contributed by atoms with E-state index in [0.717, 1.165) is 45.6 Å². The molecule has 0 aliphatic carbocycles. The molecule has 2 aliphatic heterocycles. The Morgan fingerprint density at radius 2 is 1.95 bits per heavy atom. The van der Waals surface area contributed by atoms with Gasteiger partial charge in [-0.3, -0.25) is 0 Å². The zero-order chi connectivity index (χ0) is 14.8. The van der Waals surface area contributed by atoms with E-state index < -0.39 is 5.60 Å². The van der Waals surface area contributed by atoms with E-state index >= 15 is 0 Å². The molecule has 0 spiro atoms. The smallest absolute Gasteiger partial charge is 0.410 e. The molecule has 0 bridgehead atoms. The van der Waals surface area contributed by atoms with Gasteiger partial charge in [0.2, 0.25) is 0 Å². The standard InChI is InChI=1S/C15H29N3O2/c1-14(2,3)20-13(19)18-7-5-15(4,6-8-18)11-17-12-9-16-10-12/h12,16-17H,5-11H2,1-4H3. The minimum absolute atomic E-state index is 0.171. The zero-order valence-corrected chi connectivity index (χ0v) is 13.3. The van der Waals surface area contributed by atoms with Crippen molar-refractivity contribution in [3.63, 3.8) is 0 Å². The summed E-state index contributed by atoms with van der Waals surface area (Å²) in [6, 6.07) is 0.635. The predicted octanol–water partition coefficient (Wildman–Crippen LogP) is 1.58. The minimum atomic E-state index is -0.406. The Kier molecular flexibility index (Phi) is 4.59. The highest BCUT2D eigenvalue weighted by molar-refractivity contribution is 5.68.